The summed E-state index contributed by atoms with van der Waals surface area (Å²) in [6.45, 7) is 0.117. The van der Waals surface area contributed by atoms with Crippen LogP contribution in [0.5, 0.6) is 5.75 Å². The van der Waals surface area contributed by atoms with Crippen LogP contribution in [0.1, 0.15) is 5.56 Å². The molecule has 26 heavy (non-hydrogen) atoms. The molecule has 0 saturated heterocycles. The summed E-state index contributed by atoms with van der Waals surface area (Å²) < 4.78 is 34.1. The Balaban J connectivity index is 1.70. The van der Waals surface area contributed by atoms with Crippen LogP contribution in [0.3, 0.4) is 0 Å². The maximum atomic E-state index is 12.4. The lowest BCUT2D eigenvalue weighted by atomic mass is 10.2. The summed E-state index contributed by atoms with van der Waals surface area (Å²) in [7, 11) is -0.397. The van der Waals surface area contributed by atoms with Crippen molar-refractivity contribution < 1.29 is 13.2 Å². The SMILES string of the molecule is COc1ccc(S(=O)(=O)NCc2ccc(-c3cnn(C)c3)nc2)cc1Cl. The van der Waals surface area contributed by atoms with Crippen LogP contribution in [-0.4, -0.2) is 30.3 Å². The lowest BCUT2D eigenvalue weighted by Gasteiger charge is -2.09. The number of nitrogens with zero attached hydrogens (tertiary/aromatic N) is 3. The first-order chi connectivity index (χ1) is 12.4. The fraction of sp³-hybridized carbons (Fsp3) is 0.176. The van der Waals surface area contributed by atoms with E-state index in [0.29, 0.717) is 5.75 Å². The van der Waals surface area contributed by atoms with E-state index in [-0.39, 0.29) is 16.5 Å². The Hall–Kier alpha value is -2.42. The monoisotopic (exact) mass is 392 g/mol. The van der Waals surface area contributed by atoms with Crippen LogP contribution in [0.2, 0.25) is 5.02 Å². The predicted molar refractivity (Wildman–Crippen MR) is 98.5 cm³/mol. The summed E-state index contributed by atoms with van der Waals surface area (Å²) >= 11 is 6.00. The molecule has 1 N–H and O–H groups in total. The Labute approximate surface area is 156 Å². The quantitative estimate of drug-likeness (QED) is 0.696. The average molecular weight is 393 g/mol. The smallest absolute Gasteiger partial charge is 0.240 e. The van der Waals surface area contributed by atoms with E-state index in [0.717, 1.165) is 16.8 Å². The highest BCUT2D eigenvalue weighted by molar-refractivity contribution is 7.89. The molecule has 136 valence electrons. The fourth-order valence-corrected chi connectivity index (χ4v) is 3.70. The first-order valence-electron chi connectivity index (χ1n) is 7.66. The van der Waals surface area contributed by atoms with E-state index in [1.165, 1.54) is 25.3 Å². The van der Waals surface area contributed by atoms with Crippen LogP contribution in [0.25, 0.3) is 11.3 Å². The molecular formula is C17H17ClN4O3S. The molecular weight excluding hydrogens is 376 g/mol. The highest BCUT2D eigenvalue weighted by Crippen LogP contribution is 2.27. The van der Waals surface area contributed by atoms with Crippen LogP contribution in [-0.2, 0) is 23.6 Å². The number of aryl methyl sites for hydroxylation is 1. The topological polar surface area (TPSA) is 86.1 Å². The summed E-state index contributed by atoms with van der Waals surface area (Å²) in [6, 6.07) is 7.95. The van der Waals surface area contributed by atoms with E-state index in [1.54, 1.807) is 17.1 Å². The van der Waals surface area contributed by atoms with Gasteiger partial charge in [0.25, 0.3) is 0 Å². The van der Waals surface area contributed by atoms with Gasteiger partial charge < -0.3 is 4.74 Å². The number of pyridine rings is 1. The molecule has 0 spiro atoms. The Morgan fingerprint density at radius 3 is 2.62 bits per heavy atom. The summed E-state index contributed by atoms with van der Waals surface area (Å²) in [4.78, 5) is 4.42. The first kappa shape index (κ1) is 18.4. The third-order valence-electron chi connectivity index (χ3n) is 3.73. The maximum absolute atomic E-state index is 12.4. The van der Waals surface area contributed by atoms with Crippen molar-refractivity contribution in [3.63, 3.8) is 0 Å². The number of hydrogen-bond acceptors (Lipinski definition) is 5. The van der Waals surface area contributed by atoms with Gasteiger partial charge in [-0.1, -0.05) is 17.7 Å². The minimum atomic E-state index is -3.70. The van der Waals surface area contributed by atoms with Gasteiger partial charge in [-0.25, -0.2) is 13.1 Å². The number of hydrogen-bond donors (Lipinski definition) is 1. The van der Waals surface area contributed by atoms with Crippen LogP contribution in [0, 0.1) is 0 Å². The molecule has 0 fully saturated rings. The minimum absolute atomic E-state index is 0.0724. The second kappa shape index (κ2) is 7.45. The van der Waals surface area contributed by atoms with Crippen molar-refractivity contribution in [2.45, 2.75) is 11.4 Å². The molecule has 0 aliphatic heterocycles. The van der Waals surface area contributed by atoms with Crippen LogP contribution >= 0.6 is 11.6 Å². The van der Waals surface area contributed by atoms with Crippen molar-refractivity contribution in [3.8, 4) is 17.0 Å². The largest absolute Gasteiger partial charge is 0.495 e. The number of benzene rings is 1. The zero-order valence-corrected chi connectivity index (χ0v) is 15.8. The summed E-state index contributed by atoms with van der Waals surface area (Å²) in [6.07, 6.45) is 5.21. The summed E-state index contributed by atoms with van der Waals surface area (Å²) in [5.41, 5.74) is 2.40. The second-order valence-corrected chi connectivity index (χ2v) is 7.75. The van der Waals surface area contributed by atoms with E-state index in [2.05, 4.69) is 14.8 Å². The molecule has 0 radical (unpaired) electrons. The Morgan fingerprint density at radius 1 is 1.23 bits per heavy atom. The van der Waals surface area contributed by atoms with Gasteiger partial charge in [-0.15, -0.1) is 0 Å². The minimum Gasteiger partial charge on any atom is -0.495 e. The molecule has 7 nitrogen and oxygen atoms in total. The van der Waals surface area contributed by atoms with Crippen molar-refractivity contribution in [1.82, 2.24) is 19.5 Å². The molecule has 0 aliphatic carbocycles. The van der Waals surface area contributed by atoms with Crippen LogP contribution in [0.15, 0.2) is 53.8 Å². The van der Waals surface area contributed by atoms with E-state index in [4.69, 9.17) is 16.3 Å². The third kappa shape index (κ3) is 4.04. The Bertz CT molecular complexity index is 1020. The number of methoxy groups -OCH3 is 1. The molecule has 3 rings (SSSR count). The van der Waals surface area contributed by atoms with Gasteiger partial charge in [0.05, 0.1) is 28.9 Å². The van der Waals surface area contributed by atoms with Gasteiger partial charge in [-0.3, -0.25) is 9.67 Å². The maximum Gasteiger partial charge on any atom is 0.240 e. The van der Waals surface area contributed by atoms with E-state index >= 15 is 0 Å². The number of sulfonamides is 1. The zero-order chi connectivity index (χ0) is 18.7. The molecule has 0 aliphatic rings. The highest BCUT2D eigenvalue weighted by atomic mass is 35.5. The normalized spacial score (nSPS) is 11.5. The second-order valence-electron chi connectivity index (χ2n) is 5.58. The van der Waals surface area contributed by atoms with Crippen molar-refractivity contribution in [2.24, 2.45) is 7.05 Å². The fourth-order valence-electron chi connectivity index (χ4n) is 2.33. The van der Waals surface area contributed by atoms with Gasteiger partial charge in [0.2, 0.25) is 10.0 Å². The van der Waals surface area contributed by atoms with E-state index < -0.39 is 10.0 Å². The number of nitrogens with one attached hydrogen (secondary N) is 1. The molecule has 2 aromatic heterocycles. The van der Waals surface area contributed by atoms with Crippen molar-refractivity contribution in [3.05, 3.63) is 59.5 Å². The molecule has 3 aromatic rings. The zero-order valence-electron chi connectivity index (χ0n) is 14.2. The number of rotatable bonds is 6. The van der Waals surface area contributed by atoms with E-state index in [9.17, 15) is 8.42 Å². The predicted octanol–water partition coefficient (Wildman–Crippen LogP) is 2.62. The third-order valence-corrected chi connectivity index (χ3v) is 5.42. The van der Waals surface area contributed by atoms with Gasteiger partial charge in [-0.05, 0) is 29.8 Å². The van der Waals surface area contributed by atoms with Gasteiger partial charge in [-0.2, -0.15) is 5.10 Å². The number of aromatic nitrogens is 3. The average Bonchev–Trinajstić information content (AvgIpc) is 3.07. The van der Waals surface area contributed by atoms with Crippen LogP contribution in [0.4, 0.5) is 0 Å². The molecule has 0 atom stereocenters. The standard InChI is InChI=1S/C17H17ClN4O3S/c1-22-11-13(10-20-22)16-5-3-12(8-19-16)9-21-26(23,24)14-4-6-17(25-2)15(18)7-14/h3-8,10-11,21H,9H2,1-2H3. The number of ether oxygens (including phenoxy) is 1. The molecule has 1 aromatic carbocycles. The van der Waals surface area contributed by atoms with Gasteiger partial charge in [0.1, 0.15) is 5.75 Å². The van der Waals surface area contributed by atoms with Gasteiger partial charge in [0.15, 0.2) is 0 Å². The molecule has 2 heterocycles. The van der Waals surface area contributed by atoms with Crippen molar-refractivity contribution in [2.75, 3.05) is 7.11 Å². The summed E-state index contributed by atoms with van der Waals surface area (Å²) in [5.74, 6) is 0.417. The molecule has 0 bridgehead atoms. The lowest BCUT2D eigenvalue weighted by Crippen LogP contribution is -2.23. The molecule has 0 amide bonds. The Morgan fingerprint density at radius 2 is 2.04 bits per heavy atom. The lowest BCUT2D eigenvalue weighted by molar-refractivity contribution is 0.414. The molecule has 0 unspecified atom stereocenters. The van der Waals surface area contributed by atoms with E-state index in [1.807, 2.05) is 25.4 Å². The highest BCUT2D eigenvalue weighted by Gasteiger charge is 2.16. The van der Waals surface area contributed by atoms with Crippen molar-refractivity contribution >= 4 is 21.6 Å². The van der Waals surface area contributed by atoms with Gasteiger partial charge in [0, 0.05) is 31.5 Å². The van der Waals surface area contributed by atoms with Crippen LogP contribution < -0.4 is 9.46 Å². The first-order valence-corrected chi connectivity index (χ1v) is 9.52. The summed E-state index contributed by atoms with van der Waals surface area (Å²) in [5, 5.41) is 4.34. The van der Waals surface area contributed by atoms with Crippen molar-refractivity contribution in [1.29, 1.82) is 0 Å². The molecule has 0 saturated carbocycles. The molecule has 9 heteroatoms. The Kier molecular flexibility index (Phi) is 5.26. The van der Waals surface area contributed by atoms with Gasteiger partial charge >= 0.3 is 0 Å². The number of halogens is 1.